The van der Waals surface area contributed by atoms with E-state index >= 15 is 0 Å². The SMILES string of the molecule is CCOc1cc2ncnc(Oc3cccc(NC(=O)Nc4cc(C(C)(C)C)nn4C4CCCCC4)c3)c2cc1OC. The van der Waals surface area contributed by atoms with Crippen molar-refractivity contribution in [3.8, 4) is 23.1 Å². The second-order valence-electron chi connectivity index (χ2n) is 11.2. The number of anilines is 2. The molecule has 0 spiro atoms. The summed E-state index contributed by atoms with van der Waals surface area (Å²) >= 11 is 0. The third-order valence-electron chi connectivity index (χ3n) is 7.16. The van der Waals surface area contributed by atoms with Crippen molar-refractivity contribution in [3.05, 3.63) is 54.5 Å². The smallest absolute Gasteiger partial charge is 0.324 e. The number of carbonyl (C=O) groups is 1. The number of urea groups is 1. The van der Waals surface area contributed by atoms with E-state index in [1.807, 2.05) is 23.7 Å². The zero-order valence-electron chi connectivity index (χ0n) is 24.4. The Morgan fingerprint density at radius 1 is 1.02 bits per heavy atom. The normalized spacial score (nSPS) is 14.1. The minimum atomic E-state index is -0.347. The van der Waals surface area contributed by atoms with Gasteiger partial charge in [-0.15, -0.1) is 0 Å². The fraction of sp³-hybridized carbons (Fsp3) is 0.419. The monoisotopic (exact) mass is 558 g/mol. The number of ether oxygens (including phenoxy) is 3. The van der Waals surface area contributed by atoms with E-state index in [0.717, 1.165) is 18.5 Å². The Kier molecular flexibility index (Phi) is 8.28. The fourth-order valence-electron chi connectivity index (χ4n) is 5.04. The molecule has 216 valence electrons. The van der Waals surface area contributed by atoms with Crippen molar-refractivity contribution in [3.63, 3.8) is 0 Å². The molecule has 2 aromatic heterocycles. The number of hydrogen-bond acceptors (Lipinski definition) is 7. The summed E-state index contributed by atoms with van der Waals surface area (Å²) in [4.78, 5) is 21.8. The fourth-order valence-corrected chi connectivity index (χ4v) is 5.04. The summed E-state index contributed by atoms with van der Waals surface area (Å²) < 4.78 is 19.3. The van der Waals surface area contributed by atoms with Gasteiger partial charge in [0.1, 0.15) is 17.9 Å². The van der Waals surface area contributed by atoms with Crippen molar-refractivity contribution in [2.24, 2.45) is 0 Å². The number of carbonyl (C=O) groups excluding carboxylic acids is 1. The van der Waals surface area contributed by atoms with Crippen LogP contribution >= 0.6 is 0 Å². The average molecular weight is 559 g/mol. The Balaban J connectivity index is 1.33. The molecule has 0 radical (unpaired) electrons. The highest BCUT2D eigenvalue weighted by atomic mass is 16.5. The maximum atomic E-state index is 13.1. The Labute approximate surface area is 240 Å². The number of hydrogen-bond donors (Lipinski definition) is 2. The van der Waals surface area contributed by atoms with Crippen molar-refractivity contribution < 1.29 is 19.0 Å². The van der Waals surface area contributed by atoms with Crippen molar-refractivity contribution in [2.45, 2.75) is 71.3 Å². The van der Waals surface area contributed by atoms with Crippen LogP contribution in [-0.2, 0) is 5.41 Å². The van der Waals surface area contributed by atoms with Crippen molar-refractivity contribution in [1.82, 2.24) is 19.7 Å². The number of nitrogens with one attached hydrogen (secondary N) is 2. The molecule has 1 aliphatic rings. The third-order valence-corrected chi connectivity index (χ3v) is 7.16. The largest absolute Gasteiger partial charge is 0.493 e. The van der Waals surface area contributed by atoms with Crippen LogP contribution in [0.4, 0.5) is 16.3 Å². The van der Waals surface area contributed by atoms with E-state index in [9.17, 15) is 4.79 Å². The third kappa shape index (κ3) is 6.53. The summed E-state index contributed by atoms with van der Waals surface area (Å²) in [5.74, 6) is 2.75. The molecular formula is C31H38N6O4. The maximum Gasteiger partial charge on any atom is 0.324 e. The van der Waals surface area contributed by atoms with Crippen LogP contribution in [0.3, 0.4) is 0 Å². The summed E-state index contributed by atoms with van der Waals surface area (Å²) in [6.07, 6.45) is 7.18. The number of fused-ring (bicyclic) bond motifs is 1. The van der Waals surface area contributed by atoms with E-state index in [1.165, 1.54) is 25.6 Å². The number of amides is 2. The second kappa shape index (κ2) is 12.0. The van der Waals surface area contributed by atoms with Gasteiger partial charge in [0, 0.05) is 29.3 Å². The van der Waals surface area contributed by atoms with Gasteiger partial charge in [0.2, 0.25) is 5.88 Å². The van der Waals surface area contributed by atoms with Crippen LogP contribution in [0.5, 0.6) is 23.1 Å². The molecule has 0 unspecified atom stereocenters. The molecule has 2 heterocycles. The molecule has 41 heavy (non-hydrogen) atoms. The van der Waals surface area contributed by atoms with Crippen LogP contribution in [0, 0.1) is 0 Å². The van der Waals surface area contributed by atoms with Crippen LogP contribution in [0.1, 0.15) is 71.5 Å². The number of aromatic nitrogens is 4. The number of methoxy groups -OCH3 is 1. The summed E-state index contributed by atoms with van der Waals surface area (Å²) in [7, 11) is 1.58. The first kappa shape index (κ1) is 28.2. The quantitative estimate of drug-likeness (QED) is 0.231. The predicted molar refractivity (Wildman–Crippen MR) is 159 cm³/mol. The molecule has 1 fully saturated rings. The molecule has 1 aliphatic carbocycles. The lowest BCUT2D eigenvalue weighted by atomic mass is 9.92. The van der Waals surface area contributed by atoms with E-state index in [2.05, 4.69) is 41.4 Å². The second-order valence-corrected chi connectivity index (χ2v) is 11.2. The van der Waals surface area contributed by atoms with E-state index in [4.69, 9.17) is 19.3 Å². The predicted octanol–water partition coefficient (Wildman–Crippen LogP) is 7.47. The first-order valence-corrected chi connectivity index (χ1v) is 14.2. The van der Waals surface area contributed by atoms with Gasteiger partial charge in [-0.1, -0.05) is 46.1 Å². The molecule has 2 aromatic carbocycles. The molecule has 0 bridgehead atoms. The summed E-state index contributed by atoms with van der Waals surface area (Å²) in [6.45, 7) is 8.80. The highest BCUT2D eigenvalue weighted by molar-refractivity contribution is 5.99. The highest BCUT2D eigenvalue weighted by Crippen LogP contribution is 2.37. The van der Waals surface area contributed by atoms with Crippen molar-refractivity contribution in [2.75, 3.05) is 24.4 Å². The lowest BCUT2D eigenvalue weighted by Gasteiger charge is -2.24. The maximum absolute atomic E-state index is 13.1. The Morgan fingerprint density at radius 3 is 2.56 bits per heavy atom. The Hall–Kier alpha value is -4.34. The number of nitrogens with zero attached hydrogens (tertiary/aromatic N) is 4. The van der Waals surface area contributed by atoms with Gasteiger partial charge >= 0.3 is 6.03 Å². The van der Waals surface area contributed by atoms with Crippen molar-refractivity contribution in [1.29, 1.82) is 0 Å². The van der Waals surface area contributed by atoms with Gasteiger partial charge in [0.25, 0.3) is 0 Å². The molecule has 2 amide bonds. The molecule has 2 N–H and O–H groups in total. The molecule has 4 aromatic rings. The van der Waals surface area contributed by atoms with Crippen LogP contribution in [0.25, 0.3) is 10.9 Å². The first-order chi connectivity index (χ1) is 19.7. The molecule has 1 saturated carbocycles. The first-order valence-electron chi connectivity index (χ1n) is 14.2. The molecule has 0 atom stereocenters. The summed E-state index contributed by atoms with van der Waals surface area (Å²) in [5.41, 5.74) is 2.07. The van der Waals surface area contributed by atoms with Crippen molar-refractivity contribution >= 4 is 28.4 Å². The van der Waals surface area contributed by atoms with Gasteiger partial charge in [-0.05, 0) is 38.0 Å². The molecule has 5 rings (SSSR count). The Morgan fingerprint density at radius 2 is 1.83 bits per heavy atom. The van der Waals surface area contributed by atoms with Gasteiger partial charge in [-0.3, -0.25) is 5.32 Å². The molecule has 0 saturated heterocycles. The van der Waals surface area contributed by atoms with Gasteiger partial charge in [0.05, 0.1) is 36.4 Å². The van der Waals surface area contributed by atoms with Crippen LogP contribution in [0.2, 0.25) is 0 Å². The summed E-state index contributed by atoms with van der Waals surface area (Å²) in [5, 5.41) is 11.5. The van der Waals surface area contributed by atoms with Gasteiger partial charge in [-0.2, -0.15) is 5.10 Å². The van der Waals surface area contributed by atoms with Crippen LogP contribution in [-0.4, -0.2) is 39.5 Å². The lowest BCUT2D eigenvalue weighted by molar-refractivity contribution is 0.261. The number of benzene rings is 2. The Bertz CT molecular complexity index is 1520. The molecule has 10 nitrogen and oxygen atoms in total. The van der Waals surface area contributed by atoms with E-state index in [0.29, 0.717) is 52.1 Å². The molecule has 10 heteroatoms. The van der Waals surface area contributed by atoms with Gasteiger partial charge < -0.3 is 19.5 Å². The highest BCUT2D eigenvalue weighted by Gasteiger charge is 2.25. The summed E-state index contributed by atoms with van der Waals surface area (Å²) in [6, 6.07) is 12.7. The standard InChI is InChI=1S/C31H38N6O4/c1-6-40-26-17-24-23(16-25(26)39-5)29(33-19-32-24)41-22-14-10-11-20(15-22)34-30(38)35-28-18-27(31(2,3)4)36-37(28)21-12-8-7-9-13-21/h10-11,14-19,21H,6-9,12-13H2,1-5H3,(H2,34,35,38). The number of rotatable bonds is 8. The zero-order chi connectivity index (χ0) is 29.0. The topological polar surface area (TPSA) is 112 Å². The van der Waals surface area contributed by atoms with Crippen LogP contribution < -0.4 is 24.8 Å². The lowest BCUT2D eigenvalue weighted by Crippen LogP contribution is -2.24. The minimum absolute atomic E-state index is 0.127. The zero-order valence-corrected chi connectivity index (χ0v) is 24.4. The van der Waals surface area contributed by atoms with E-state index < -0.39 is 0 Å². The minimum Gasteiger partial charge on any atom is -0.493 e. The molecule has 0 aliphatic heterocycles. The van der Waals surface area contributed by atoms with Gasteiger partial charge in [-0.25, -0.2) is 19.4 Å². The van der Waals surface area contributed by atoms with Gasteiger partial charge in [0.15, 0.2) is 11.5 Å². The van der Waals surface area contributed by atoms with E-state index in [1.54, 1.807) is 37.4 Å². The average Bonchev–Trinajstić information content (AvgIpc) is 3.38. The molecular weight excluding hydrogens is 520 g/mol. The van der Waals surface area contributed by atoms with E-state index in [-0.39, 0.29) is 17.5 Å². The van der Waals surface area contributed by atoms with Crippen LogP contribution in [0.15, 0.2) is 48.8 Å².